The SMILES string of the molecule is C[C@H]1CCCC[C@]12NC(=O)N(CC(=O)NNC(=O)c1ccc(-n3cnnn3)cc1)C2=O. The van der Waals surface area contributed by atoms with E-state index in [1.54, 1.807) is 24.3 Å². The van der Waals surface area contributed by atoms with Crippen LogP contribution in [-0.4, -0.2) is 60.9 Å². The minimum atomic E-state index is -0.930. The fraction of sp³-hybridized carbons (Fsp3) is 0.421. The van der Waals surface area contributed by atoms with Gasteiger partial charge in [-0.2, -0.15) is 0 Å². The first kappa shape index (κ1) is 20.4. The summed E-state index contributed by atoms with van der Waals surface area (Å²) in [5.41, 5.74) is 4.55. The number of aromatic nitrogens is 4. The van der Waals surface area contributed by atoms with Gasteiger partial charge in [0.1, 0.15) is 18.4 Å². The van der Waals surface area contributed by atoms with Gasteiger partial charge in [0.15, 0.2) is 0 Å². The highest BCUT2D eigenvalue weighted by Crippen LogP contribution is 2.38. The van der Waals surface area contributed by atoms with E-state index in [0.29, 0.717) is 17.7 Å². The summed E-state index contributed by atoms with van der Waals surface area (Å²) in [5.74, 6) is -1.61. The van der Waals surface area contributed by atoms with Gasteiger partial charge in [0, 0.05) is 5.56 Å². The molecule has 2 aliphatic rings. The smallest absolute Gasteiger partial charge is 0.323 e. The number of carbonyl (C=O) groups is 4. The first-order chi connectivity index (χ1) is 14.9. The van der Waals surface area contributed by atoms with E-state index >= 15 is 0 Å². The summed E-state index contributed by atoms with van der Waals surface area (Å²) in [6.07, 6.45) is 4.68. The third-order valence-corrected chi connectivity index (χ3v) is 5.86. The normalized spacial score (nSPS) is 23.0. The molecule has 12 heteroatoms. The molecule has 4 rings (SSSR count). The zero-order valence-corrected chi connectivity index (χ0v) is 16.9. The number of tetrazole rings is 1. The molecule has 162 valence electrons. The number of imide groups is 1. The van der Waals surface area contributed by atoms with Gasteiger partial charge in [-0.15, -0.1) is 5.10 Å². The summed E-state index contributed by atoms with van der Waals surface area (Å²) in [7, 11) is 0. The molecule has 2 fully saturated rings. The van der Waals surface area contributed by atoms with Crippen LogP contribution in [0.5, 0.6) is 0 Å². The van der Waals surface area contributed by atoms with Gasteiger partial charge in [-0.3, -0.25) is 30.1 Å². The fourth-order valence-electron chi connectivity index (χ4n) is 4.07. The Morgan fingerprint density at radius 1 is 1.19 bits per heavy atom. The Bertz CT molecular complexity index is 1010. The zero-order valence-electron chi connectivity index (χ0n) is 16.9. The largest absolute Gasteiger partial charge is 0.325 e. The lowest BCUT2D eigenvalue weighted by Crippen LogP contribution is -2.54. The van der Waals surface area contributed by atoms with E-state index in [2.05, 4.69) is 31.7 Å². The van der Waals surface area contributed by atoms with Gasteiger partial charge in [-0.05, 0) is 53.5 Å². The van der Waals surface area contributed by atoms with Gasteiger partial charge in [0.25, 0.3) is 17.7 Å². The average molecular weight is 426 g/mol. The Morgan fingerprint density at radius 3 is 2.65 bits per heavy atom. The first-order valence-corrected chi connectivity index (χ1v) is 9.97. The Labute approximate surface area is 177 Å². The Hall–Kier alpha value is -3.83. The third kappa shape index (κ3) is 3.83. The maximum Gasteiger partial charge on any atom is 0.325 e. The summed E-state index contributed by atoms with van der Waals surface area (Å²) >= 11 is 0. The lowest BCUT2D eigenvalue weighted by atomic mass is 9.73. The number of amides is 5. The number of urea groups is 1. The molecular formula is C19H22N8O4. The molecule has 1 saturated carbocycles. The quantitative estimate of drug-likeness (QED) is 0.457. The van der Waals surface area contributed by atoms with E-state index in [1.807, 2.05) is 6.92 Å². The third-order valence-electron chi connectivity index (χ3n) is 5.86. The molecule has 1 saturated heterocycles. The van der Waals surface area contributed by atoms with Crippen LogP contribution in [0.1, 0.15) is 43.0 Å². The highest BCUT2D eigenvalue weighted by atomic mass is 16.2. The van der Waals surface area contributed by atoms with E-state index in [-0.39, 0.29) is 11.8 Å². The van der Waals surface area contributed by atoms with E-state index in [1.165, 1.54) is 11.0 Å². The maximum absolute atomic E-state index is 12.9. The summed E-state index contributed by atoms with van der Waals surface area (Å²) in [6, 6.07) is 5.79. The maximum atomic E-state index is 12.9. The first-order valence-electron chi connectivity index (χ1n) is 9.97. The van der Waals surface area contributed by atoms with Crippen molar-refractivity contribution in [1.29, 1.82) is 0 Å². The molecule has 0 radical (unpaired) electrons. The topological polar surface area (TPSA) is 151 Å². The lowest BCUT2D eigenvalue weighted by Gasteiger charge is -2.36. The standard InChI is InChI=1S/C19H22N8O4/c1-12-4-2-3-9-19(12)17(30)26(18(31)21-19)10-15(28)22-23-16(29)13-5-7-14(8-6-13)27-11-20-24-25-27/h5-8,11-12H,2-4,9-10H2,1H3,(H,21,31)(H,22,28)(H,23,29)/t12-,19-/m0/s1. The summed E-state index contributed by atoms with van der Waals surface area (Å²) in [5, 5.41) is 13.6. The van der Waals surface area contributed by atoms with Gasteiger partial charge >= 0.3 is 6.03 Å². The van der Waals surface area contributed by atoms with Gasteiger partial charge in [-0.1, -0.05) is 19.8 Å². The highest BCUT2D eigenvalue weighted by molar-refractivity contribution is 6.09. The van der Waals surface area contributed by atoms with Gasteiger partial charge in [-0.25, -0.2) is 9.48 Å². The van der Waals surface area contributed by atoms with Crippen LogP contribution in [0, 0.1) is 5.92 Å². The second-order valence-electron chi connectivity index (χ2n) is 7.74. The molecule has 31 heavy (non-hydrogen) atoms. The molecule has 1 aromatic heterocycles. The van der Waals surface area contributed by atoms with Crippen LogP contribution in [0.3, 0.4) is 0 Å². The summed E-state index contributed by atoms with van der Waals surface area (Å²) in [4.78, 5) is 50.7. The van der Waals surface area contributed by atoms with Crippen molar-refractivity contribution >= 4 is 23.8 Å². The molecule has 0 unspecified atom stereocenters. The van der Waals surface area contributed by atoms with Crippen LogP contribution in [-0.2, 0) is 9.59 Å². The minimum absolute atomic E-state index is 0.00161. The number of benzene rings is 1. The molecule has 1 spiro atoms. The van der Waals surface area contributed by atoms with Crippen molar-refractivity contribution in [1.82, 2.24) is 41.3 Å². The number of nitrogens with one attached hydrogen (secondary N) is 3. The summed E-state index contributed by atoms with van der Waals surface area (Å²) in [6.45, 7) is 1.46. The number of hydrogen-bond donors (Lipinski definition) is 3. The van der Waals surface area contributed by atoms with Crippen molar-refractivity contribution in [3.05, 3.63) is 36.2 Å². The predicted molar refractivity (Wildman–Crippen MR) is 105 cm³/mol. The fourth-order valence-corrected chi connectivity index (χ4v) is 4.07. The van der Waals surface area contributed by atoms with Crippen molar-refractivity contribution < 1.29 is 19.2 Å². The number of carbonyl (C=O) groups excluding carboxylic acids is 4. The van der Waals surface area contributed by atoms with Crippen molar-refractivity contribution in [2.24, 2.45) is 5.92 Å². The molecule has 1 aromatic carbocycles. The molecule has 2 atom stereocenters. The van der Waals surface area contributed by atoms with Crippen molar-refractivity contribution in [3.63, 3.8) is 0 Å². The Kier molecular flexibility index (Phi) is 5.36. The van der Waals surface area contributed by atoms with Crippen LogP contribution < -0.4 is 16.2 Å². The minimum Gasteiger partial charge on any atom is -0.323 e. The van der Waals surface area contributed by atoms with E-state index in [9.17, 15) is 19.2 Å². The van der Waals surface area contributed by atoms with Crippen LogP contribution in [0.2, 0.25) is 0 Å². The monoisotopic (exact) mass is 426 g/mol. The van der Waals surface area contributed by atoms with Crippen LogP contribution in [0.4, 0.5) is 4.79 Å². The number of hydrazine groups is 1. The average Bonchev–Trinajstić information content (AvgIpc) is 3.38. The van der Waals surface area contributed by atoms with Gasteiger partial charge in [0.2, 0.25) is 0 Å². The zero-order chi connectivity index (χ0) is 22.0. The van der Waals surface area contributed by atoms with Crippen molar-refractivity contribution in [3.8, 4) is 5.69 Å². The molecular weight excluding hydrogens is 404 g/mol. The van der Waals surface area contributed by atoms with Crippen molar-refractivity contribution in [2.45, 2.75) is 38.1 Å². The predicted octanol–water partition coefficient (Wildman–Crippen LogP) is -0.0760. The van der Waals surface area contributed by atoms with Crippen molar-refractivity contribution in [2.75, 3.05) is 6.54 Å². The van der Waals surface area contributed by atoms with Crippen LogP contribution in [0.25, 0.3) is 5.69 Å². The number of hydrogen-bond acceptors (Lipinski definition) is 7. The molecule has 0 bridgehead atoms. The van der Waals surface area contributed by atoms with E-state index in [4.69, 9.17) is 0 Å². The van der Waals surface area contributed by atoms with Gasteiger partial charge < -0.3 is 5.32 Å². The second-order valence-corrected chi connectivity index (χ2v) is 7.74. The molecule has 3 N–H and O–H groups in total. The highest BCUT2D eigenvalue weighted by Gasteiger charge is 2.55. The van der Waals surface area contributed by atoms with Crippen LogP contribution >= 0.6 is 0 Å². The molecule has 12 nitrogen and oxygen atoms in total. The van der Waals surface area contributed by atoms with E-state index in [0.717, 1.165) is 24.2 Å². The molecule has 2 aromatic rings. The molecule has 5 amide bonds. The van der Waals surface area contributed by atoms with E-state index < -0.39 is 29.9 Å². The Morgan fingerprint density at radius 2 is 1.97 bits per heavy atom. The Balaban J connectivity index is 1.32. The van der Waals surface area contributed by atoms with Gasteiger partial charge in [0.05, 0.1) is 5.69 Å². The number of nitrogens with zero attached hydrogens (tertiary/aromatic N) is 5. The molecule has 1 aliphatic carbocycles. The lowest BCUT2D eigenvalue weighted by molar-refractivity contribution is -0.137. The number of rotatable bonds is 4. The summed E-state index contributed by atoms with van der Waals surface area (Å²) < 4.78 is 1.43. The second kappa shape index (κ2) is 8.13. The molecule has 2 heterocycles. The van der Waals surface area contributed by atoms with Crippen LogP contribution in [0.15, 0.2) is 30.6 Å². The molecule has 1 aliphatic heterocycles.